The van der Waals surface area contributed by atoms with Gasteiger partial charge >= 0.3 is 23.9 Å². The average Bonchev–Trinajstić information content (AvgIpc) is 2.38. The molecule has 0 amide bonds. The molecule has 0 unspecified atom stereocenters. The van der Waals surface area contributed by atoms with Crippen LogP contribution in [0.4, 0.5) is 43.9 Å². The van der Waals surface area contributed by atoms with Crippen molar-refractivity contribution < 1.29 is 48.7 Å². The minimum atomic E-state index is -7.22. The molecule has 0 N–H and O–H groups in total. The van der Waals surface area contributed by atoms with Crippen LogP contribution in [-0.4, -0.2) is 29.7 Å². The molecular weight excluding hydrogens is 418 g/mol. The summed E-state index contributed by atoms with van der Waals surface area (Å²) in [5, 5.41) is 0. The predicted molar refractivity (Wildman–Crippen MR) is 59.3 cm³/mol. The number of carbonyl (C=O) groups excluding carboxylic acids is 1. The Labute approximate surface area is 129 Å². The summed E-state index contributed by atoms with van der Waals surface area (Å²) in [5.41, 5.74) is -1.78. The first-order valence-electron chi connectivity index (χ1n) is 5.27. The van der Waals surface area contributed by atoms with Crippen molar-refractivity contribution in [1.29, 1.82) is 0 Å². The summed E-state index contributed by atoms with van der Waals surface area (Å²) in [6.07, 6.45) is -7.06. The molecule has 0 aliphatic rings. The van der Waals surface area contributed by atoms with Gasteiger partial charge < -0.3 is 0 Å². The van der Waals surface area contributed by atoms with Crippen molar-refractivity contribution >= 4 is 21.7 Å². The summed E-state index contributed by atoms with van der Waals surface area (Å²) in [4.78, 5) is 11.3. The average molecular weight is 421 g/mol. The molecule has 0 saturated carbocycles. The Balaban J connectivity index is 3.45. The van der Waals surface area contributed by atoms with Crippen LogP contribution in [0, 0.1) is 5.82 Å². The first-order valence-corrected chi connectivity index (χ1v) is 6.06. The normalized spacial score (nSPS) is 14.0. The SMILES string of the molecule is O=C(c1cc(Br)ccc1F)C(F)(F)C(F)(F)C(F)(F)C(F)(F)F. The standard InChI is InChI=1S/C11H3BrF10O/c12-4-1-2-6(13)5(3-4)7(23)8(14,15)9(16,17)10(18,19)11(20,21)22/h1-3H. The van der Waals surface area contributed by atoms with Gasteiger partial charge in [0.15, 0.2) is 0 Å². The molecule has 12 heteroatoms. The van der Waals surface area contributed by atoms with Crippen molar-refractivity contribution in [3.63, 3.8) is 0 Å². The summed E-state index contributed by atoms with van der Waals surface area (Å²) >= 11 is 2.57. The highest BCUT2D eigenvalue weighted by Gasteiger charge is 2.83. The number of carbonyl (C=O) groups is 1. The minimum Gasteiger partial charge on any atom is -0.287 e. The second-order valence-corrected chi connectivity index (χ2v) is 5.09. The van der Waals surface area contributed by atoms with E-state index in [2.05, 4.69) is 15.9 Å². The zero-order valence-electron chi connectivity index (χ0n) is 10.3. The molecule has 1 aromatic carbocycles. The number of alkyl halides is 9. The van der Waals surface area contributed by atoms with E-state index in [0.717, 1.165) is 6.07 Å². The van der Waals surface area contributed by atoms with Crippen molar-refractivity contribution in [2.75, 3.05) is 0 Å². The van der Waals surface area contributed by atoms with Crippen LogP contribution >= 0.6 is 15.9 Å². The molecule has 0 saturated heterocycles. The number of benzene rings is 1. The Hall–Kier alpha value is -1.33. The fourth-order valence-electron chi connectivity index (χ4n) is 1.36. The largest absolute Gasteiger partial charge is 0.460 e. The highest BCUT2D eigenvalue weighted by atomic mass is 79.9. The Morgan fingerprint density at radius 3 is 1.78 bits per heavy atom. The smallest absolute Gasteiger partial charge is 0.287 e. The van der Waals surface area contributed by atoms with Gasteiger partial charge in [-0.15, -0.1) is 0 Å². The second kappa shape index (κ2) is 5.64. The van der Waals surface area contributed by atoms with Crippen LogP contribution in [0.15, 0.2) is 22.7 Å². The fraction of sp³-hybridized carbons (Fsp3) is 0.364. The van der Waals surface area contributed by atoms with Crippen LogP contribution in [0.2, 0.25) is 0 Å². The van der Waals surface area contributed by atoms with Crippen LogP contribution in [0.5, 0.6) is 0 Å². The maximum atomic E-state index is 13.4. The Morgan fingerprint density at radius 2 is 1.35 bits per heavy atom. The van der Waals surface area contributed by atoms with E-state index in [-0.39, 0.29) is 10.5 Å². The highest BCUT2D eigenvalue weighted by Crippen LogP contribution is 2.53. The lowest BCUT2D eigenvalue weighted by Gasteiger charge is -2.32. The minimum absolute atomic E-state index is 0.243. The molecule has 1 rings (SSSR count). The zero-order chi connectivity index (χ0) is 18.4. The number of hydrogen-bond donors (Lipinski definition) is 0. The van der Waals surface area contributed by atoms with E-state index in [0.29, 0.717) is 6.07 Å². The third-order valence-electron chi connectivity index (χ3n) is 2.60. The third-order valence-corrected chi connectivity index (χ3v) is 3.10. The van der Waals surface area contributed by atoms with E-state index in [1.807, 2.05) is 0 Å². The monoisotopic (exact) mass is 420 g/mol. The molecule has 0 aliphatic carbocycles. The van der Waals surface area contributed by atoms with Gasteiger partial charge in [-0.25, -0.2) is 4.39 Å². The molecule has 0 bridgehead atoms. The quantitative estimate of drug-likeness (QED) is 0.481. The Morgan fingerprint density at radius 1 is 0.870 bits per heavy atom. The lowest BCUT2D eigenvalue weighted by molar-refractivity contribution is -0.386. The number of ketones is 1. The molecule has 0 aliphatic heterocycles. The van der Waals surface area contributed by atoms with Gasteiger partial charge in [0.05, 0.1) is 5.56 Å². The lowest BCUT2D eigenvalue weighted by atomic mass is 9.95. The molecule has 0 radical (unpaired) electrons. The molecule has 0 aromatic heterocycles. The second-order valence-electron chi connectivity index (χ2n) is 4.17. The van der Waals surface area contributed by atoms with Crippen LogP contribution in [0.3, 0.4) is 0 Å². The van der Waals surface area contributed by atoms with Crippen molar-refractivity contribution in [2.24, 2.45) is 0 Å². The number of halogens is 11. The number of Topliss-reactive ketones (excluding diaryl/α,β-unsaturated/α-hetero) is 1. The maximum Gasteiger partial charge on any atom is 0.460 e. The van der Waals surface area contributed by atoms with Gasteiger partial charge in [-0.3, -0.25) is 4.79 Å². The van der Waals surface area contributed by atoms with Gasteiger partial charge in [0, 0.05) is 4.47 Å². The summed E-state index contributed by atoms with van der Waals surface area (Å²) in [6.45, 7) is 0. The number of hydrogen-bond acceptors (Lipinski definition) is 1. The molecule has 0 fully saturated rings. The van der Waals surface area contributed by atoms with Gasteiger partial charge in [0.25, 0.3) is 0 Å². The van der Waals surface area contributed by atoms with E-state index >= 15 is 0 Å². The summed E-state index contributed by atoms with van der Waals surface area (Å²) in [6, 6.07) is 1.45. The van der Waals surface area contributed by atoms with Crippen molar-refractivity contribution in [1.82, 2.24) is 0 Å². The van der Waals surface area contributed by atoms with Crippen molar-refractivity contribution in [3.05, 3.63) is 34.1 Å². The van der Waals surface area contributed by atoms with Crippen LogP contribution in [-0.2, 0) is 0 Å². The molecule has 23 heavy (non-hydrogen) atoms. The third kappa shape index (κ3) is 3.04. The highest BCUT2D eigenvalue weighted by molar-refractivity contribution is 9.10. The van der Waals surface area contributed by atoms with Gasteiger partial charge in [0.2, 0.25) is 5.78 Å². The Bertz CT molecular complexity index is 622. The molecule has 1 aromatic rings. The van der Waals surface area contributed by atoms with Crippen LogP contribution in [0.1, 0.15) is 10.4 Å². The molecule has 0 atom stereocenters. The van der Waals surface area contributed by atoms with Crippen LogP contribution < -0.4 is 0 Å². The van der Waals surface area contributed by atoms with Gasteiger partial charge in [-0.1, -0.05) is 15.9 Å². The van der Waals surface area contributed by atoms with Gasteiger partial charge in [-0.2, -0.15) is 39.5 Å². The first-order chi connectivity index (χ1) is 10.1. The van der Waals surface area contributed by atoms with Gasteiger partial charge in [0.1, 0.15) is 5.82 Å². The molecule has 0 spiro atoms. The fourth-order valence-corrected chi connectivity index (χ4v) is 1.72. The van der Waals surface area contributed by atoms with E-state index in [4.69, 9.17) is 0 Å². The first kappa shape index (κ1) is 19.7. The van der Waals surface area contributed by atoms with E-state index in [9.17, 15) is 48.7 Å². The lowest BCUT2D eigenvalue weighted by Crippen LogP contribution is -2.63. The maximum absolute atomic E-state index is 13.4. The molecular formula is C11H3BrF10O. The Kier molecular flexibility index (Phi) is 4.83. The topological polar surface area (TPSA) is 17.1 Å². The number of rotatable bonds is 4. The van der Waals surface area contributed by atoms with E-state index in [1.165, 1.54) is 0 Å². The molecule has 1 nitrogen and oxygen atoms in total. The van der Waals surface area contributed by atoms with Crippen molar-refractivity contribution in [3.8, 4) is 0 Å². The van der Waals surface area contributed by atoms with Crippen molar-refractivity contribution in [2.45, 2.75) is 23.9 Å². The summed E-state index contributed by atoms with van der Waals surface area (Å²) < 4.78 is 127. The molecule has 130 valence electrons. The zero-order valence-corrected chi connectivity index (χ0v) is 11.9. The van der Waals surface area contributed by atoms with E-state index in [1.54, 1.807) is 0 Å². The summed E-state index contributed by atoms with van der Waals surface area (Å²) in [7, 11) is 0. The van der Waals surface area contributed by atoms with E-state index < -0.39 is 41.1 Å². The summed E-state index contributed by atoms with van der Waals surface area (Å²) in [5.74, 6) is -25.9. The molecule has 0 heterocycles. The van der Waals surface area contributed by atoms with Gasteiger partial charge in [-0.05, 0) is 18.2 Å². The predicted octanol–water partition coefficient (Wildman–Crippen LogP) is 5.24. The van der Waals surface area contributed by atoms with Crippen LogP contribution in [0.25, 0.3) is 0 Å².